The van der Waals surface area contributed by atoms with E-state index in [-0.39, 0.29) is 0 Å². The van der Waals surface area contributed by atoms with Gasteiger partial charge < -0.3 is 10.2 Å². The van der Waals surface area contributed by atoms with Crippen LogP contribution in [0.1, 0.15) is 32.1 Å². The Morgan fingerprint density at radius 3 is 2.64 bits per heavy atom. The van der Waals surface area contributed by atoms with Gasteiger partial charge in [0.15, 0.2) is 0 Å². The Morgan fingerprint density at radius 1 is 1.36 bits per heavy atom. The average molecular weight is 194 g/mol. The Kier molecular flexibility index (Phi) is 3.60. The second kappa shape index (κ2) is 4.94. The van der Waals surface area contributed by atoms with E-state index >= 15 is 0 Å². The van der Waals surface area contributed by atoms with Crippen molar-refractivity contribution in [3.05, 3.63) is 11.6 Å². The number of rotatable bonds is 3. The van der Waals surface area contributed by atoms with Gasteiger partial charge in [-0.3, -0.25) is 0 Å². The summed E-state index contributed by atoms with van der Waals surface area (Å²) in [5, 5.41) is 3.64. The molecule has 2 rings (SSSR count). The lowest BCUT2D eigenvalue weighted by molar-refractivity contribution is 0.238. The largest absolute Gasteiger partial charge is 0.310 e. The second-order valence-electron chi connectivity index (χ2n) is 4.70. The Balaban J connectivity index is 1.61. The zero-order chi connectivity index (χ0) is 9.80. The van der Waals surface area contributed by atoms with Crippen molar-refractivity contribution in [3.8, 4) is 0 Å². The van der Waals surface area contributed by atoms with Gasteiger partial charge in [0, 0.05) is 12.6 Å². The molecule has 1 saturated heterocycles. The number of nitrogens with zero attached hydrogens (tertiary/aromatic N) is 1. The predicted octanol–water partition coefficient (Wildman–Crippen LogP) is 1.78. The van der Waals surface area contributed by atoms with Crippen LogP contribution in [0.4, 0.5) is 0 Å². The maximum atomic E-state index is 3.64. The number of allylic oxidation sites excluding steroid dienone is 1. The van der Waals surface area contributed by atoms with Crippen molar-refractivity contribution in [2.24, 2.45) is 0 Å². The molecule has 14 heavy (non-hydrogen) atoms. The molecule has 0 radical (unpaired) electrons. The van der Waals surface area contributed by atoms with Crippen molar-refractivity contribution >= 4 is 0 Å². The van der Waals surface area contributed by atoms with Gasteiger partial charge in [0.05, 0.1) is 0 Å². The van der Waals surface area contributed by atoms with E-state index in [1.807, 2.05) is 0 Å². The van der Waals surface area contributed by atoms with Gasteiger partial charge in [0.1, 0.15) is 0 Å². The third kappa shape index (κ3) is 2.82. The quantitative estimate of drug-likeness (QED) is 0.689. The third-order valence-electron chi connectivity index (χ3n) is 3.51. The normalized spacial score (nSPS) is 24.8. The van der Waals surface area contributed by atoms with Crippen LogP contribution < -0.4 is 5.32 Å². The molecule has 0 aromatic carbocycles. The lowest BCUT2D eigenvalue weighted by atomic mass is 9.92. The van der Waals surface area contributed by atoms with Crippen LogP contribution >= 0.6 is 0 Å². The molecule has 0 amide bonds. The van der Waals surface area contributed by atoms with Gasteiger partial charge in [-0.05, 0) is 52.2 Å². The van der Waals surface area contributed by atoms with E-state index in [1.165, 1.54) is 45.2 Å². The van der Waals surface area contributed by atoms with Crippen molar-refractivity contribution in [3.63, 3.8) is 0 Å². The van der Waals surface area contributed by atoms with Crippen LogP contribution in [0.15, 0.2) is 11.6 Å². The van der Waals surface area contributed by atoms with Crippen molar-refractivity contribution in [1.82, 2.24) is 10.2 Å². The Labute approximate surface area is 87.4 Å². The van der Waals surface area contributed by atoms with Crippen LogP contribution in [-0.2, 0) is 0 Å². The molecule has 0 atom stereocenters. The highest BCUT2D eigenvalue weighted by atomic mass is 15.1. The molecule has 0 bridgehead atoms. The molecular weight excluding hydrogens is 172 g/mol. The van der Waals surface area contributed by atoms with E-state index in [0.29, 0.717) is 0 Å². The molecule has 2 heteroatoms. The molecule has 0 aromatic heterocycles. The molecule has 0 unspecified atom stereocenters. The number of likely N-dealkylation sites (tertiary alicyclic amines) is 1. The van der Waals surface area contributed by atoms with E-state index in [2.05, 4.69) is 23.3 Å². The molecule has 2 aliphatic rings. The van der Waals surface area contributed by atoms with Crippen LogP contribution in [0.3, 0.4) is 0 Å². The van der Waals surface area contributed by atoms with Crippen LogP contribution in [0.5, 0.6) is 0 Å². The highest BCUT2D eigenvalue weighted by Crippen LogP contribution is 2.24. The smallest absolute Gasteiger partial charge is 0.0140 e. The molecule has 1 saturated carbocycles. The molecular formula is C12H22N2. The minimum Gasteiger partial charge on any atom is -0.310 e. The predicted molar refractivity (Wildman–Crippen MR) is 60.5 cm³/mol. The SMILES string of the molecule is CN1CCC(NCC=C2CCC2)CC1. The molecule has 1 N–H and O–H groups in total. The summed E-state index contributed by atoms with van der Waals surface area (Å²) in [5.41, 5.74) is 1.67. The standard InChI is InChI=1S/C12H22N2/c1-14-9-6-12(7-10-14)13-8-5-11-3-2-4-11/h5,12-13H,2-4,6-10H2,1H3. The van der Waals surface area contributed by atoms with Crippen LogP contribution in [0.25, 0.3) is 0 Å². The number of hydrogen-bond donors (Lipinski definition) is 1. The van der Waals surface area contributed by atoms with Gasteiger partial charge >= 0.3 is 0 Å². The molecule has 1 heterocycles. The van der Waals surface area contributed by atoms with E-state index in [0.717, 1.165) is 12.6 Å². The first-order valence-corrected chi connectivity index (χ1v) is 5.94. The van der Waals surface area contributed by atoms with Crippen molar-refractivity contribution < 1.29 is 0 Å². The van der Waals surface area contributed by atoms with Gasteiger partial charge in [0.25, 0.3) is 0 Å². The highest BCUT2D eigenvalue weighted by Gasteiger charge is 2.15. The number of piperidine rings is 1. The first-order chi connectivity index (χ1) is 6.84. The second-order valence-corrected chi connectivity index (χ2v) is 4.70. The van der Waals surface area contributed by atoms with Crippen LogP contribution in [0, 0.1) is 0 Å². The van der Waals surface area contributed by atoms with Crippen molar-refractivity contribution in [1.29, 1.82) is 0 Å². The van der Waals surface area contributed by atoms with Gasteiger partial charge in [-0.2, -0.15) is 0 Å². The Bertz CT molecular complexity index is 196. The summed E-state index contributed by atoms with van der Waals surface area (Å²) < 4.78 is 0. The monoisotopic (exact) mass is 194 g/mol. The maximum absolute atomic E-state index is 3.64. The van der Waals surface area contributed by atoms with E-state index in [4.69, 9.17) is 0 Å². The summed E-state index contributed by atoms with van der Waals surface area (Å²) in [6.45, 7) is 3.62. The molecule has 2 nitrogen and oxygen atoms in total. The summed E-state index contributed by atoms with van der Waals surface area (Å²) in [4.78, 5) is 2.42. The lowest BCUT2D eigenvalue weighted by Gasteiger charge is -2.29. The minimum absolute atomic E-state index is 0.767. The van der Waals surface area contributed by atoms with Gasteiger partial charge in [-0.15, -0.1) is 0 Å². The fourth-order valence-electron chi connectivity index (χ4n) is 2.17. The van der Waals surface area contributed by atoms with Crippen LogP contribution in [-0.4, -0.2) is 37.6 Å². The first-order valence-electron chi connectivity index (χ1n) is 5.94. The Hall–Kier alpha value is -0.340. The maximum Gasteiger partial charge on any atom is 0.0140 e. The van der Waals surface area contributed by atoms with Crippen molar-refractivity contribution in [2.45, 2.75) is 38.1 Å². The molecule has 0 aromatic rings. The summed E-state index contributed by atoms with van der Waals surface area (Å²) >= 11 is 0. The topological polar surface area (TPSA) is 15.3 Å². The third-order valence-corrected chi connectivity index (χ3v) is 3.51. The van der Waals surface area contributed by atoms with Gasteiger partial charge in [-0.1, -0.05) is 11.6 Å². The summed E-state index contributed by atoms with van der Waals surface area (Å²) in [6.07, 6.45) is 9.17. The first kappa shape index (κ1) is 10.2. The summed E-state index contributed by atoms with van der Waals surface area (Å²) in [7, 11) is 2.21. The van der Waals surface area contributed by atoms with Gasteiger partial charge in [-0.25, -0.2) is 0 Å². The fraction of sp³-hybridized carbons (Fsp3) is 0.833. The molecule has 80 valence electrons. The minimum atomic E-state index is 0.767. The molecule has 1 aliphatic carbocycles. The van der Waals surface area contributed by atoms with Gasteiger partial charge in [0.2, 0.25) is 0 Å². The highest BCUT2D eigenvalue weighted by molar-refractivity contribution is 5.10. The lowest BCUT2D eigenvalue weighted by Crippen LogP contribution is -2.40. The number of nitrogens with one attached hydrogen (secondary N) is 1. The Morgan fingerprint density at radius 2 is 2.07 bits per heavy atom. The summed E-state index contributed by atoms with van der Waals surface area (Å²) in [5.74, 6) is 0. The zero-order valence-corrected chi connectivity index (χ0v) is 9.26. The number of hydrogen-bond acceptors (Lipinski definition) is 2. The molecule has 0 spiro atoms. The molecule has 2 fully saturated rings. The molecule has 1 aliphatic heterocycles. The van der Waals surface area contributed by atoms with E-state index < -0.39 is 0 Å². The zero-order valence-electron chi connectivity index (χ0n) is 9.26. The van der Waals surface area contributed by atoms with E-state index in [9.17, 15) is 0 Å². The summed E-state index contributed by atoms with van der Waals surface area (Å²) in [6, 6.07) is 0.767. The average Bonchev–Trinajstić information content (AvgIpc) is 2.12. The van der Waals surface area contributed by atoms with Crippen LogP contribution in [0.2, 0.25) is 0 Å². The van der Waals surface area contributed by atoms with Crippen molar-refractivity contribution in [2.75, 3.05) is 26.7 Å². The van der Waals surface area contributed by atoms with E-state index in [1.54, 1.807) is 5.57 Å². The fourth-order valence-corrected chi connectivity index (χ4v) is 2.17.